The molecule has 0 radical (unpaired) electrons. The van der Waals surface area contributed by atoms with Crippen LogP contribution in [0.3, 0.4) is 0 Å². The van der Waals surface area contributed by atoms with E-state index in [1.807, 2.05) is 0 Å². The molecular weight excluding hydrogens is 192 g/mol. The Hall–Kier alpha value is -0.610. The summed E-state index contributed by atoms with van der Waals surface area (Å²) in [7, 11) is 0. The first-order chi connectivity index (χ1) is 7.29. The fourth-order valence-electron chi connectivity index (χ4n) is 1.90. The highest BCUT2D eigenvalue weighted by Gasteiger charge is 2.07. The number of aliphatic carboxylic acids is 1. The van der Waals surface area contributed by atoms with Gasteiger partial charge < -0.3 is 15.3 Å². The second kappa shape index (κ2) is 7.65. The van der Waals surface area contributed by atoms with Gasteiger partial charge in [-0.2, -0.15) is 0 Å². The van der Waals surface area contributed by atoms with Crippen molar-refractivity contribution < 1.29 is 9.90 Å². The molecule has 0 bridgehead atoms. The van der Waals surface area contributed by atoms with Crippen molar-refractivity contribution in [3.63, 3.8) is 0 Å². The van der Waals surface area contributed by atoms with Crippen LogP contribution in [0.5, 0.6) is 0 Å². The van der Waals surface area contributed by atoms with Crippen molar-refractivity contribution >= 4 is 5.97 Å². The highest BCUT2D eigenvalue weighted by Crippen LogP contribution is 2.04. The Balaban J connectivity index is 1.85. The highest BCUT2D eigenvalue weighted by molar-refractivity contribution is 5.66. The highest BCUT2D eigenvalue weighted by atomic mass is 16.4. The maximum absolute atomic E-state index is 10.3. The molecule has 0 aromatic carbocycles. The minimum Gasteiger partial charge on any atom is -0.481 e. The molecule has 0 aromatic heterocycles. The lowest BCUT2D eigenvalue weighted by molar-refractivity contribution is -0.137. The molecule has 2 N–H and O–H groups in total. The summed E-state index contributed by atoms with van der Waals surface area (Å²) in [5.74, 6) is -0.669. The normalized spacial score (nSPS) is 17.9. The molecule has 4 heteroatoms. The quantitative estimate of drug-likeness (QED) is 0.619. The van der Waals surface area contributed by atoms with Crippen LogP contribution in [-0.2, 0) is 4.79 Å². The third-order valence-electron chi connectivity index (χ3n) is 2.82. The topological polar surface area (TPSA) is 52.6 Å². The minimum atomic E-state index is -0.669. The van der Waals surface area contributed by atoms with Crippen LogP contribution >= 0.6 is 0 Å². The molecule has 15 heavy (non-hydrogen) atoms. The van der Waals surface area contributed by atoms with Gasteiger partial charge in [-0.25, -0.2) is 0 Å². The fraction of sp³-hybridized carbons (Fsp3) is 0.909. The van der Waals surface area contributed by atoms with E-state index in [1.165, 1.54) is 13.0 Å². The molecule has 0 unspecified atom stereocenters. The van der Waals surface area contributed by atoms with Gasteiger partial charge in [-0.15, -0.1) is 0 Å². The fourth-order valence-corrected chi connectivity index (χ4v) is 1.90. The van der Waals surface area contributed by atoms with Gasteiger partial charge in [0.2, 0.25) is 0 Å². The van der Waals surface area contributed by atoms with Gasteiger partial charge in [-0.1, -0.05) is 12.8 Å². The van der Waals surface area contributed by atoms with Crippen LogP contribution in [0.15, 0.2) is 0 Å². The average molecular weight is 214 g/mol. The average Bonchev–Trinajstić information content (AvgIpc) is 2.24. The van der Waals surface area contributed by atoms with Crippen LogP contribution < -0.4 is 5.32 Å². The predicted molar refractivity (Wildman–Crippen MR) is 60.0 cm³/mol. The van der Waals surface area contributed by atoms with Gasteiger partial charge in [0.15, 0.2) is 0 Å². The zero-order chi connectivity index (χ0) is 10.9. The van der Waals surface area contributed by atoms with Crippen molar-refractivity contribution in [1.82, 2.24) is 10.2 Å². The van der Waals surface area contributed by atoms with Crippen LogP contribution in [0.25, 0.3) is 0 Å². The molecule has 0 amide bonds. The van der Waals surface area contributed by atoms with Gasteiger partial charge in [0.25, 0.3) is 0 Å². The number of nitrogens with zero attached hydrogens (tertiary/aromatic N) is 1. The van der Waals surface area contributed by atoms with Crippen molar-refractivity contribution in [3.8, 4) is 0 Å². The SMILES string of the molecule is O=C(O)CCCCCCN1CCNCC1. The van der Waals surface area contributed by atoms with Crippen LogP contribution in [0, 0.1) is 0 Å². The number of unbranched alkanes of at least 4 members (excludes halogenated alkanes) is 3. The number of carboxylic acids is 1. The van der Waals surface area contributed by atoms with Crippen molar-refractivity contribution in [2.24, 2.45) is 0 Å². The van der Waals surface area contributed by atoms with E-state index in [9.17, 15) is 4.79 Å². The Bertz CT molecular complexity index is 179. The summed E-state index contributed by atoms with van der Waals surface area (Å²) < 4.78 is 0. The summed E-state index contributed by atoms with van der Waals surface area (Å²) in [4.78, 5) is 12.7. The molecular formula is C11H22N2O2. The van der Waals surface area contributed by atoms with Crippen LogP contribution in [0.1, 0.15) is 32.1 Å². The van der Waals surface area contributed by atoms with Crippen LogP contribution in [-0.4, -0.2) is 48.7 Å². The Morgan fingerprint density at radius 3 is 2.47 bits per heavy atom. The van der Waals surface area contributed by atoms with E-state index in [2.05, 4.69) is 10.2 Å². The lowest BCUT2D eigenvalue weighted by atomic mass is 10.1. The molecule has 0 aliphatic carbocycles. The second-order valence-corrected chi connectivity index (χ2v) is 4.15. The van der Waals surface area contributed by atoms with Crippen molar-refractivity contribution in [3.05, 3.63) is 0 Å². The van der Waals surface area contributed by atoms with Crippen LogP contribution in [0.2, 0.25) is 0 Å². The first-order valence-electron chi connectivity index (χ1n) is 5.94. The summed E-state index contributed by atoms with van der Waals surface area (Å²) in [5.41, 5.74) is 0. The molecule has 1 saturated heterocycles. The maximum Gasteiger partial charge on any atom is 0.303 e. The van der Waals surface area contributed by atoms with E-state index < -0.39 is 5.97 Å². The molecule has 0 saturated carbocycles. The maximum atomic E-state index is 10.3. The third-order valence-corrected chi connectivity index (χ3v) is 2.82. The molecule has 1 aliphatic rings. The van der Waals surface area contributed by atoms with Gasteiger partial charge in [-0.05, 0) is 19.4 Å². The number of hydrogen-bond donors (Lipinski definition) is 2. The predicted octanol–water partition coefficient (Wildman–Crippen LogP) is 0.927. The van der Waals surface area contributed by atoms with Gasteiger partial charge in [0.05, 0.1) is 0 Å². The van der Waals surface area contributed by atoms with E-state index in [0.29, 0.717) is 6.42 Å². The summed E-state index contributed by atoms with van der Waals surface area (Å²) in [6.45, 7) is 5.72. The lowest BCUT2D eigenvalue weighted by Crippen LogP contribution is -2.43. The Morgan fingerprint density at radius 1 is 1.13 bits per heavy atom. The lowest BCUT2D eigenvalue weighted by Gasteiger charge is -2.26. The Kier molecular flexibility index (Phi) is 6.36. The summed E-state index contributed by atoms with van der Waals surface area (Å²) in [6.07, 6.45) is 4.58. The van der Waals surface area contributed by atoms with E-state index in [1.54, 1.807) is 0 Å². The van der Waals surface area contributed by atoms with Gasteiger partial charge >= 0.3 is 5.97 Å². The van der Waals surface area contributed by atoms with Gasteiger partial charge in [0, 0.05) is 32.6 Å². The largest absolute Gasteiger partial charge is 0.481 e. The molecule has 1 aliphatic heterocycles. The van der Waals surface area contributed by atoms with E-state index in [-0.39, 0.29) is 0 Å². The smallest absolute Gasteiger partial charge is 0.303 e. The zero-order valence-electron chi connectivity index (χ0n) is 9.37. The molecule has 1 rings (SSSR count). The molecule has 0 atom stereocenters. The van der Waals surface area contributed by atoms with Crippen molar-refractivity contribution in [2.75, 3.05) is 32.7 Å². The molecule has 4 nitrogen and oxygen atoms in total. The van der Waals surface area contributed by atoms with Crippen molar-refractivity contribution in [2.45, 2.75) is 32.1 Å². The third kappa shape index (κ3) is 6.47. The standard InChI is InChI=1S/C11H22N2O2/c14-11(15)5-3-1-2-4-8-13-9-6-12-7-10-13/h12H,1-10H2,(H,14,15). The summed E-state index contributed by atoms with van der Waals surface area (Å²) in [6, 6.07) is 0. The number of piperazine rings is 1. The molecule has 1 fully saturated rings. The summed E-state index contributed by atoms with van der Waals surface area (Å²) in [5, 5.41) is 11.8. The van der Waals surface area contributed by atoms with E-state index in [0.717, 1.165) is 45.4 Å². The number of hydrogen-bond acceptors (Lipinski definition) is 3. The Labute approximate surface area is 91.6 Å². The minimum absolute atomic E-state index is 0.327. The van der Waals surface area contributed by atoms with Crippen molar-refractivity contribution in [1.29, 1.82) is 0 Å². The first-order valence-corrected chi connectivity index (χ1v) is 5.94. The number of rotatable bonds is 7. The van der Waals surface area contributed by atoms with Gasteiger partial charge in [-0.3, -0.25) is 4.79 Å². The molecule has 0 spiro atoms. The first kappa shape index (κ1) is 12.5. The number of nitrogens with one attached hydrogen (secondary N) is 1. The second-order valence-electron chi connectivity index (χ2n) is 4.15. The van der Waals surface area contributed by atoms with E-state index >= 15 is 0 Å². The zero-order valence-corrected chi connectivity index (χ0v) is 9.37. The number of carbonyl (C=O) groups is 1. The monoisotopic (exact) mass is 214 g/mol. The summed E-state index contributed by atoms with van der Waals surface area (Å²) >= 11 is 0. The molecule has 0 aromatic rings. The number of carboxylic acid groups (broad SMARTS) is 1. The molecule has 1 heterocycles. The van der Waals surface area contributed by atoms with E-state index in [4.69, 9.17) is 5.11 Å². The van der Waals surface area contributed by atoms with Crippen LogP contribution in [0.4, 0.5) is 0 Å². The molecule has 88 valence electrons. The van der Waals surface area contributed by atoms with Gasteiger partial charge in [0.1, 0.15) is 0 Å². The Morgan fingerprint density at radius 2 is 1.80 bits per heavy atom.